The molecule has 2 nitrogen and oxygen atoms in total. The van der Waals surface area contributed by atoms with Crippen molar-refractivity contribution in [2.45, 2.75) is 51.3 Å². The number of rotatable bonds is 6. The fourth-order valence-corrected chi connectivity index (χ4v) is 2.49. The zero-order chi connectivity index (χ0) is 13.1. The summed E-state index contributed by atoms with van der Waals surface area (Å²) < 4.78 is 12.9. The molecular weight excluding hydrogens is 229 g/mol. The topological polar surface area (TPSA) is 32.3 Å². The zero-order valence-corrected chi connectivity index (χ0v) is 11.1. The lowest BCUT2D eigenvalue weighted by molar-refractivity contribution is 0.166. The molecule has 0 saturated heterocycles. The molecule has 0 aromatic heterocycles. The van der Waals surface area contributed by atoms with Crippen LogP contribution in [-0.2, 0) is 0 Å². The van der Waals surface area contributed by atoms with Crippen LogP contribution in [0.15, 0.2) is 24.3 Å². The number of halogens is 1. The van der Waals surface area contributed by atoms with E-state index in [1.54, 1.807) is 0 Å². The van der Waals surface area contributed by atoms with Crippen LogP contribution in [0.4, 0.5) is 4.39 Å². The Hall–Kier alpha value is -0.930. The maximum atomic E-state index is 12.9. The fraction of sp³-hybridized carbons (Fsp3) is 0.600. The first-order valence-electron chi connectivity index (χ1n) is 6.76. The van der Waals surface area contributed by atoms with Gasteiger partial charge in [-0.15, -0.1) is 0 Å². The number of nitrogens with one attached hydrogen (secondary N) is 1. The average Bonchev–Trinajstić information content (AvgIpc) is 3.10. The summed E-state index contributed by atoms with van der Waals surface area (Å²) in [6.45, 7) is 3.90. The van der Waals surface area contributed by atoms with Gasteiger partial charge in [-0.2, -0.15) is 0 Å². The minimum absolute atomic E-state index is 0.190. The first-order valence-corrected chi connectivity index (χ1v) is 6.76. The van der Waals surface area contributed by atoms with Gasteiger partial charge in [-0.1, -0.05) is 12.1 Å². The Morgan fingerprint density at radius 1 is 1.28 bits per heavy atom. The van der Waals surface area contributed by atoms with E-state index in [4.69, 9.17) is 0 Å². The Bertz CT molecular complexity index is 373. The zero-order valence-electron chi connectivity index (χ0n) is 11.1. The summed E-state index contributed by atoms with van der Waals surface area (Å²) in [5.74, 6) is 0.470. The van der Waals surface area contributed by atoms with Crippen molar-refractivity contribution >= 4 is 0 Å². The van der Waals surface area contributed by atoms with Gasteiger partial charge in [0.25, 0.3) is 0 Å². The van der Waals surface area contributed by atoms with Crippen LogP contribution in [0.3, 0.4) is 0 Å². The van der Waals surface area contributed by atoms with E-state index in [9.17, 15) is 9.50 Å². The molecule has 0 spiro atoms. The molecule has 0 amide bonds. The summed E-state index contributed by atoms with van der Waals surface area (Å²) >= 11 is 0. The van der Waals surface area contributed by atoms with Gasteiger partial charge in [-0.25, -0.2) is 4.39 Å². The monoisotopic (exact) mass is 251 g/mol. The Morgan fingerprint density at radius 3 is 2.39 bits per heavy atom. The molecule has 3 atom stereocenters. The number of aliphatic hydroxyl groups excluding tert-OH is 1. The highest BCUT2D eigenvalue weighted by molar-refractivity contribution is 5.22. The molecule has 2 rings (SSSR count). The van der Waals surface area contributed by atoms with E-state index in [0.29, 0.717) is 12.0 Å². The lowest BCUT2D eigenvalue weighted by Crippen LogP contribution is -2.34. The predicted octanol–water partition coefficient (Wildman–Crippen LogP) is 3.03. The molecule has 3 unspecified atom stereocenters. The molecule has 1 aliphatic rings. The number of benzene rings is 1. The van der Waals surface area contributed by atoms with E-state index >= 15 is 0 Å². The minimum Gasteiger partial charge on any atom is -0.393 e. The van der Waals surface area contributed by atoms with Gasteiger partial charge >= 0.3 is 0 Å². The van der Waals surface area contributed by atoms with Gasteiger partial charge in [0.2, 0.25) is 0 Å². The molecule has 18 heavy (non-hydrogen) atoms. The van der Waals surface area contributed by atoms with Crippen molar-refractivity contribution in [1.29, 1.82) is 0 Å². The fourth-order valence-electron chi connectivity index (χ4n) is 2.49. The van der Waals surface area contributed by atoms with Crippen molar-refractivity contribution in [3.8, 4) is 0 Å². The van der Waals surface area contributed by atoms with E-state index in [1.807, 2.05) is 19.1 Å². The summed E-state index contributed by atoms with van der Waals surface area (Å²) in [7, 11) is 0. The Balaban J connectivity index is 2.02. The molecule has 1 aromatic carbocycles. The minimum atomic E-state index is -0.291. The first-order chi connectivity index (χ1) is 8.56. The quantitative estimate of drug-likeness (QED) is 0.814. The first kappa shape index (κ1) is 13.5. The van der Waals surface area contributed by atoms with Crippen molar-refractivity contribution in [3.63, 3.8) is 0 Å². The highest BCUT2D eigenvalue weighted by atomic mass is 19.1. The van der Waals surface area contributed by atoms with Crippen LogP contribution in [-0.4, -0.2) is 17.3 Å². The van der Waals surface area contributed by atoms with Crippen molar-refractivity contribution in [1.82, 2.24) is 5.32 Å². The van der Waals surface area contributed by atoms with Crippen LogP contribution in [0, 0.1) is 11.7 Å². The van der Waals surface area contributed by atoms with Gasteiger partial charge in [-0.05, 0) is 56.7 Å². The predicted molar refractivity (Wildman–Crippen MR) is 70.8 cm³/mol. The molecule has 100 valence electrons. The molecule has 0 aliphatic heterocycles. The number of aliphatic hydroxyl groups is 1. The molecule has 3 heteroatoms. The van der Waals surface area contributed by atoms with Gasteiger partial charge in [0, 0.05) is 12.1 Å². The van der Waals surface area contributed by atoms with Crippen LogP contribution in [0.25, 0.3) is 0 Å². The maximum Gasteiger partial charge on any atom is 0.123 e. The smallest absolute Gasteiger partial charge is 0.123 e. The van der Waals surface area contributed by atoms with E-state index in [1.165, 1.54) is 25.0 Å². The lowest BCUT2D eigenvalue weighted by atomic mass is 10.0. The number of hydrogen-bond donors (Lipinski definition) is 2. The van der Waals surface area contributed by atoms with Crippen LogP contribution >= 0.6 is 0 Å². The van der Waals surface area contributed by atoms with E-state index in [-0.39, 0.29) is 18.0 Å². The van der Waals surface area contributed by atoms with Gasteiger partial charge in [-0.3, -0.25) is 0 Å². The molecule has 2 N–H and O–H groups in total. The third kappa shape index (κ3) is 3.79. The second-order valence-corrected chi connectivity index (χ2v) is 5.52. The normalized spacial score (nSPS) is 20.4. The Kier molecular flexibility index (Phi) is 4.36. The van der Waals surface area contributed by atoms with Crippen LogP contribution < -0.4 is 5.32 Å². The van der Waals surface area contributed by atoms with Crippen molar-refractivity contribution in [3.05, 3.63) is 35.6 Å². The molecule has 1 fully saturated rings. The lowest BCUT2D eigenvalue weighted by Gasteiger charge is -2.24. The Labute approximate surface area is 108 Å². The van der Waals surface area contributed by atoms with Gasteiger partial charge in [0.1, 0.15) is 5.82 Å². The Morgan fingerprint density at radius 2 is 1.89 bits per heavy atom. The van der Waals surface area contributed by atoms with Crippen LogP contribution in [0.1, 0.15) is 44.7 Å². The average molecular weight is 251 g/mol. The largest absolute Gasteiger partial charge is 0.393 e. The second kappa shape index (κ2) is 5.81. The molecular formula is C15H22FNO. The molecule has 1 aliphatic carbocycles. The molecule has 0 bridgehead atoms. The summed E-state index contributed by atoms with van der Waals surface area (Å²) in [4.78, 5) is 0. The van der Waals surface area contributed by atoms with Crippen molar-refractivity contribution in [2.24, 2.45) is 5.92 Å². The third-order valence-electron chi connectivity index (χ3n) is 3.48. The third-order valence-corrected chi connectivity index (χ3v) is 3.48. The van der Waals surface area contributed by atoms with Crippen LogP contribution in [0.5, 0.6) is 0 Å². The SMILES string of the molecule is CC(O)CC(C)NC(c1ccc(F)cc1)C1CC1. The highest BCUT2D eigenvalue weighted by Gasteiger charge is 2.33. The van der Waals surface area contributed by atoms with Crippen molar-refractivity contribution < 1.29 is 9.50 Å². The van der Waals surface area contributed by atoms with Gasteiger partial charge < -0.3 is 10.4 Å². The second-order valence-electron chi connectivity index (χ2n) is 5.52. The molecule has 0 heterocycles. The maximum absolute atomic E-state index is 12.9. The van der Waals surface area contributed by atoms with Crippen LogP contribution in [0.2, 0.25) is 0 Å². The van der Waals surface area contributed by atoms with E-state index in [0.717, 1.165) is 12.0 Å². The summed E-state index contributed by atoms with van der Waals surface area (Å²) in [6.07, 6.45) is 2.91. The highest BCUT2D eigenvalue weighted by Crippen LogP contribution is 2.41. The van der Waals surface area contributed by atoms with Gasteiger partial charge in [0.05, 0.1) is 6.10 Å². The molecule has 1 aromatic rings. The summed E-state index contributed by atoms with van der Waals surface area (Å²) in [5, 5.41) is 13.0. The molecule has 0 radical (unpaired) electrons. The van der Waals surface area contributed by atoms with Crippen molar-refractivity contribution in [2.75, 3.05) is 0 Å². The molecule has 1 saturated carbocycles. The summed E-state index contributed by atoms with van der Waals surface area (Å²) in [5.41, 5.74) is 1.15. The van der Waals surface area contributed by atoms with E-state index in [2.05, 4.69) is 12.2 Å². The van der Waals surface area contributed by atoms with Gasteiger partial charge in [0.15, 0.2) is 0 Å². The van der Waals surface area contributed by atoms with E-state index < -0.39 is 0 Å². The standard InChI is InChI=1S/C15H22FNO/c1-10(9-11(2)18)17-15(12-3-4-12)13-5-7-14(16)8-6-13/h5-8,10-12,15,17-18H,3-4,9H2,1-2H3. The number of hydrogen-bond acceptors (Lipinski definition) is 2. The summed E-state index contributed by atoms with van der Waals surface area (Å²) in [6, 6.07) is 7.32.